The molecule has 2 atom stereocenters. The molecule has 1 saturated carbocycles. The molecule has 5 heteroatoms. The number of rotatable bonds is 4. The van der Waals surface area contributed by atoms with E-state index in [4.69, 9.17) is 9.47 Å². The van der Waals surface area contributed by atoms with Crippen molar-refractivity contribution in [3.05, 3.63) is 58.6 Å². The number of benzene rings is 2. The summed E-state index contributed by atoms with van der Waals surface area (Å²) in [4.78, 5) is 24.3. The third kappa shape index (κ3) is 2.90. The minimum atomic E-state index is -0.493. The number of ether oxygens (including phenoxy) is 2. The molecule has 0 aliphatic heterocycles. The van der Waals surface area contributed by atoms with Gasteiger partial charge >= 0.3 is 11.9 Å². The largest absolute Gasteiger partial charge is 0.422 e. The van der Waals surface area contributed by atoms with E-state index in [2.05, 4.69) is 29.1 Å². The number of halogens is 1. The molecule has 0 aromatic heterocycles. The van der Waals surface area contributed by atoms with Crippen LogP contribution < -0.4 is 9.47 Å². The first kappa shape index (κ1) is 18.0. The summed E-state index contributed by atoms with van der Waals surface area (Å²) in [7, 11) is 0. The highest BCUT2D eigenvalue weighted by Gasteiger charge is 2.43. The second-order valence-electron chi connectivity index (χ2n) is 7.18. The van der Waals surface area contributed by atoms with Gasteiger partial charge in [-0.15, -0.1) is 0 Å². The van der Waals surface area contributed by atoms with Crippen LogP contribution >= 0.6 is 15.9 Å². The monoisotopic (exact) mass is 426 g/mol. The summed E-state index contributed by atoms with van der Waals surface area (Å²) in [5.41, 5.74) is 2.35. The molecule has 1 fully saturated rings. The lowest BCUT2D eigenvalue weighted by atomic mass is 9.87. The molecule has 27 heavy (non-hydrogen) atoms. The van der Waals surface area contributed by atoms with E-state index in [1.165, 1.54) is 6.08 Å². The Kier molecular flexibility index (Phi) is 4.42. The standard InChI is InChI=1S/C22H19BrO4/c1-4-17(24)26-21-16-10-14(23)7-8-15(16)20(27-22(25)11(2)3)18-12-5-6-13(9-12)19(18)21/h4,7-8,10,12-13H,1-2,5-6,9H2,3H3. The highest BCUT2D eigenvalue weighted by atomic mass is 79.9. The zero-order chi connectivity index (χ0) is 19.3. The van der Waals surface area contributed by atoms with Crippen LogP contribution in [0.4, 0.5) is 0 Å². The van der Waals surface area contributed by atoms with E-state index in [1.54, 1.807) is 6.92 Å². The number of fused-ring (bicyclic) bond motifs is 6. The van der Waals surface area contributed by atoms with E-state index < -0.39 is 11.9 Å². The van der Waals surface area contributed by atoms with Gasteiger partial charge in [-0.25, -0.2) is 9.59 Å². The number of carbonyl (C=O) groups is 2. The van der Waals surface area contributed by atoms with Crippen LogP contribution in [0.15, 0.2) is 47.5 Å². The minimum absolute atomic E-state index is 0.309. The smallest absolute Gasteiger partial charge is 0.338 e. The Morgan fingerprint density at radius 1 is 1.11 bits per heavy atom. The fourth-order valence-corrected chi connectivity index (χ4v) is 4.66. The van der Waals surface area contributed by atoms with Crippen LogP contribution in [0.2, 0.25) is 0 Å². The number of hydrogen-bond donors (Lipinski definition) is 0. The van der Waals surface area contributed by atoms with Gasteiger partial charge in [-0.05, 0) is 56.2 Å². The SMILES string of the molecule is C=CC(=O)Oc1c2c(c(OC(=O)C(=C)C)c3ccc(Br)cc13)C1CCC2C1. The molecule has 2 bridgehead atoms. The first-order valence-corrected chi connectivity index (χ1v) is 9.71. The van der Waals surface area contributed by atoms with Gasteiger partial charge in [-0.1, -0.05) is 29.1 Å². The summed E-state index contributed by atoms with van der Waals surface area (Å²) >= 11 is 3.49. The quantitative estimate of drug-likeness (QED) is 0.365. The first-order valence-electron chi connectivity index (χ1n) is 8.91. The van der Waals surface area contributed by atoms with Gasteiger partial charge in [0.15, 0.2) is 0 Å². The summed E-state index contributed by atoms with van der Waals surface area (Å²) in [6, 6.07) is 5.67. The molecule has 138 valence electrons. The fourth-order valence-electron chi connectivity index (χ4n) is 4.30. The van der Waals surface area contributed by atoms with Crippen LogP contribution in [0.25, 0.3) is 10.8 Å². The molecule has 0 N–H and O–H groups in total. The normalized spacial score (nSPS) is 19.6. The number of hydrogen-bond acceptors (Lipinski definition) is 4. The van der Waals surface area contributed by atoms with Crippen molar-refractivity contribution < 1.29 is 19.1 Å². The molecule has 2 aliphatic carbocycles. The molecule has 0 amide bonds. The molecule has 4 rings (SSSR count). The predicted molar refractivity (Wildman–Crippen MR) is 107 cm³/mol. The van der Waals surface area contributed by atoms with E-state index in [1.807, 2.05) is 18.2 Å². The van der Waals surface area contributed by atoms with Gasteiger partial charge in [0.05, 0.1) is 0 Å². The summed E-state index contributed by atoms with van der Waals surface area (Å²) in [6.07, 6.45) is 4.25. The second kappa shape index (κ2) is 6.64. The lowest BCUT2D eigenvalue weighted by molar-refractivity contribution is -0.130. The van der Waals surface area contributed by atoms with Gasteiger partial charge in [-0.2, -0.15) is 0 Å². The van der Waals surface area contributed by atoms with E-state index >= 15 is 0 Å². The van der Waals surface area contributed by atoms with Crippen LogP contribution in [-0.4, -0.2) is 11.9 Å². The molecule has 2 aromatic carbocycles. The number of esters is 2. The highest BCUT2D eigenvalue weighted by molar-refractivity contribution is 9.10. The maximum Gasteiger partial charge on any atom is 0.338 e. The molecule has 0 spiro atoms. The Labute approximate surface area is 166 Å². The molecule has 0 radical (unpaired) electrons. The Bertz CT molecular complexity index is 1020. The van der Waals surface area contributed by atoms with Gasteiger partial charge in [0.2, 0.25) is 0 Å². The molecular weight excluding hydrogens is 408 g/mol. The van der Waals surface area contributed by atoms with Crippen molar-refractivity contribution in [1.29, 1.82) is 0 Å². The molecule has 2 unspecified atom stereocenters. The van der Waals surface area contributed by atoms with Gasteiger partial charge < -0.3 is 9.47 Å². The van der Waals surface area contributed by atoms with Crippen molar-refractivity contribution in [2.24, 2.45) is 0 Å². The molecule has 2 aliphatic rings. The van der Waals surface area contributed by atoms with E-state index in [-0.39, 0.29) is 0 Å². The van der Waals surface area contributed by atoms with Crippen LogP contribution in [0, 0.1) is 0 Å². The van der Waals surface area contributed by atoms with Crippen LogP contribution in [-0.2, 0) is 9.59 Å². The van der Waals surface area contributed by atoms with Crippen molar-refractivity contribution >= 4 is 38.6 Å². The van der Waals surface area contributed by atoms with Crippen LogP contribution in [0.1, 0.15) is 49.1 Å². The second-order valence-corrected chi connectivity index (χ2v) is 8.09. The summed E-state index contributed by atoms with van der Waals surface area (Å²) < 4.78 is 12.3. The zero-order valence-corrected chi connectivity index (χ0v) is 16.6. The van der Waals surface area contributed by atoms with Gasteiger partial charge in [0, 0.05) is 38.0 Å². The van der Waals surface area contributed by atoms with Gasteiger partial charge in [0.1, 0.15) is 11.5 Å². The maximum atomic E-state index is 12.3. The van der Waals surface area contributed by atoms with Crippen molar-refractivity contribution in [3.63, 3.8) is 0 Å². The van der Waals surface area contributed by atoms with Crippen LogP contribution in [0.5, 0.6) is 11.5 Å². The zero-order valence-electron chi connectivity index (χ0n) is 15.0. The minimum Gasteiger partial charge on any atom is -0.422 e. The summed E-state index contributed by atoms with van der Waals surface area (Å²) in [5, 5.41) is 1.50. The van der Waals surface area contributed by atoms with Gasteiger partial charge in [-0.3, -0.25) is 0 Å². The molecule has 2 aromatic rings. The topological polar surface area (TPSA) is 52.6 Å². The highest BCUT2D eigenvalue weighted by Crippen LogP contribution is 2.61. The molecular formula is C22H19BrO4. The Morgan fingerprint density at radius 2 is 1.74 bits per heavy atom. The molecule has 0 saturated heterocycles. The first-order chi connectivity index (χ1) is 12.9. The predicted octanol–water partition coefficient (Wildman–Crippen LogP) is 5.54. The average molecular weight is 427 g/mol. The Balaban J connectivity index is 2.03. The van der Waals surface area contributed by atoms with Crippen molar-refractivity contribution in [1.82, 2.24) is 0 Å². The van der Waals surface area contributed by atoms with Gasteiger partial charge in [0.25, 0.3) is 0 Å². The summed E-state index contributed by atoms with van der Waals surface area (Å²) in [5.74, 6) is 0.822. The van der Waals surface area contributed by atoms with Crippen molar-refractivity contribution in [2.75, 3.05) is 0 Å². The Morgan fingerprint density at radius 3 is 2.33 bits per heavy atom. The maximum absolute atomic E-state index is 12.3. The molecule has 0 heterocycles. The van der Waals surface area contributed by atoms with E-state index in [0.29, 0.717) is 28.9 Å². The third-order valence-corrected chi connectivity index (χ3v) is 5.91. The van der Waals surface area contributed by atoms with Crippen molar-refractivity contribution in [3.8, 4) is 11.5 Å². The number of carbonyl (C=O) groups excluding carboxylic acids is 2. The fraction of sp³-hybridized carbons (Fsp3) is 0.273. The van der Waals surface area contributed by atoms with Crippen LogP contribution in [0.3, 0.4) is 0 Å². The average Bonchev–Trinajstić information content (AvgIpc) is 3.25. The lowest BCUT2D eigenvalue weighted by Gasteiger charge is -2.24. The summed E-state index contributed by atoms with van der Waals surface area (Å²) in [6.45, 7) is 8.83. The van der Waals surface area contributed by atoms with Crippen molar-refractivity contribution in [2.45, 2.75) is 38.0 Å². The Hall–Kier alpha value is -2.40. The lowest BCUT2D eigenvalue weighted by Crippen LogP contribution is -2.14. The van der Waals surface area contributed by atoms with E-state index in [0.717, 1.165) is 45.6 Å². The molecule has 4 nitrogen and oxygen atoms in total. The third-order valence-electron chi connectivity index (χ3n) is 5.41. The van der Waals surface area contributed by atoms with E-state index in [9.17, 15) is 9.59 Å².